The minimum atomic E-state index is 0.194. The highest BCUT2D eigenvalue weighted by atomic mass is 16.1. The molecule has 0 bridgehead atoms. The van der Waals surface area contributed by atoms with Gasteiger partial charge in [-0.15, -0.1) is 0 Å². The minimum absolute atomic E-state index is 0.194. The fourth-order valence-corrected chi connectivity index (χ4v) is 7.59. The minimum Gasteiger partial charge on any atom is -0.300 e. The lowest BCUT2D eigenvalue weighted by atomic mass is 9.40. The number of hydrogen-bond acceptors (Lipinski definition) is 2. The van der Waals surface area contributed by atoms with Crippen molar-refractivity contribution >= 4 is 11.6 Å². The molecule has 0 aromatic carbocycles. The fourth-order valence-electron chi connectivity index (χ4n) is 7.59. The molecule has 0 unspecified atom stereocenters. The fraction of sp³-hybridized carbons (Fsp3) is 0.818. The van der Waals surface area contributed by atoms with Gasteiger partial charge in [0.25, 0.3) is 0 Å². The number of hydrogen-bond donors (Lipinski definition) is 0. The molecule has 0 radical (unpaired) electrons. The lowest BCUT2D eigenvalue weighted by molar-refractivity contribution is -0.139. The first-order valence-corrected chi connectivity index (χ1v) is 9.97. The summed E-state index contributed by atoms with van der Waals surface area (Å²) in [6, 6.07) is 0. The molecule has 0 saturated heterocycles. The molecule has 4 aliphatic rings. The Labute approximate surface area is 146 Å². The van der Waals surface area contributed by atoms with Crippen LogP contribution in [-0.2, 0) is 9.59 Å². The van der Waals surface area contributed by atoms with Gasteiger partial charge in [0.05, 0.1) is 0 Å². The van der Waals surface area contributed by atoms with Crippen LogP contribution in [-0.4, -0.2) is 11.6 Å². The van der Waals surface area contributed by atoms with E-state index in [0.29, 0.717) is 22.9 Å². The van der Waals surface area contributed by atoms with Gasteiger partial charge in [0.1, 0.15) is 5.78 Å². The first kappa shape index (κ1) is 16.5. The number of fused-ring (bicyclic) bond motifs is 5. The summed E-state index contributed by atoms with van der Waals surface area (Å²) in [5.74, 6) is 2.44. The molecule has 0 spiro atoms. The summed E-state index contributed by atoms with van der Waals surface area (Å²) in [6.45, 7) is 9.18. The largest absolute Gasteiger partial charge is 0.300 e. The van der Waals surface area contributed by atoms with Gasteiger partial charge in [-0.1, -0.05) is 26.3 Å². The highest BCUT2D eigenvalue weighted by Gasteiger charge is 2.64. The second kappa shape index (κ2) is 5.05. The number of carbonyl (C=O) groups excluding carboxylic acids is 2. The van der Waals surface area contributed by atoms with E-state index in [2.05, 4.69) is 20.8 Å². The van der Waals surface area contributed by atoms with Gasteiger partial charge < -0.3 is 0 Å². The molecule has 0 aromatic rings. The zero-order valence-corrected chi connectivity index (χ0v) is 15.8. The van der Waals surface area contributed by atoms with E-state index >= 15 is 0 Å². The summed E-state index contributed by atoms with van der Waals surface area (Å²) in [4.78, 5) is 24.2. The Bertz CT molecular complexity index is 632. The SMILES string of the molecule is CC(=O)[C@H]1CC[C@H]2[C@@H]3CCC4=CC(=O)CC[C@]4(C)[C@@]3(C)CC[C@]12C. The topological polar surface area (TPSA) is 34.1 Å². The van der Waals surface area contributed by atoms with Gasteiger partial charge in [-0.3, -0.25) is 9.59 Å². The predicted octanol–water partition coefficient (Wildman–Crippen LogP) is 5.11. The average Bonchev–Trinajstić information content (AvgIpc) is 2.87. The van der Waals surface area contributed by atoms with E-state index < -0.39 is 0 Å². The number of rotatable bonds is 1. The standard InChI is InChI=1S/C22H32O2/c1-14(23)17-7-8-18-19-6-5-15-13-16(24)9-10-21(15,3)22(19,4)12-11-20(17,18)2/h13,17-19H,5-12H2,1-4H3/t17-,18+,19+,20-,21+,22+/m1/s1. The summed E-state index contributed by atoms with van der Waals surface area (Å²) >= 11 is 0. The van der Waals surface area contributed by atoms with Gasteiger partial charge in [-0.05, 0) is 86.0 Å². The Kier molecular flexibility index (Phi) is 3.48. The average molecular weight is 328 g/mol. The van der Waals surface area contributed by atoms with E-state index in [1.54, 1.807) is 0 Å². The van der Waals surface area contributed by atoms with E-state index in [1.807, 2.05) is 13.0 Å². The van der Waals surface area contributed by atoms with Gasteiger partial charge in [-0.25, -0.2) is 0 Å². The van der Waals surface area contributed by atoms with Crippen molar-refractivity contribution in [1.29, 1.82) is 0 Å². The van der Waals surface area contributed by atoms with Crippen LogP contribution in [0.25, 0.3) is 0 Å². The Balaban J connectivity index is 1.74. The van der Waals surface area contributed by atoms with Gasteiger partial charge in [0, 0.05) is 12.3 Å². The lowest BCUT2D eigenvalue weighted by Gasteiger charge is -2.64. The quantitative estimate of drug-likeness (QED) is 0.670. The Hall–Kier alpha value is -0.920. The third-order valence-electron chi connectivity index (χ3n) is 9.29. The maximum atomic E-state index is 12.2. The van der Waals surface area contributed by atoms with Crippen LogP contribution < -0.4 is 0 Å². The monoisotopic (exact) mass is 328 g/mol. The molecule has 3 saturated carbocycles. The zero-order chi connectivity index (χ0) is 17.3. The second-order valence-electron chi connectivity index (χ2n) is 9.88. The summed E-state index contributed by atoms with van der Waals surface area (Å²) in [7, 11) is 0. The first-order valence-electron chi connectivity index (χ1n) is 9.97. The molecule has 4 aliphatic carbocycles. The van der Waals surface area contributed by atoms with E-state index in [0.717, 1.165) is 31.6 Å². The zero-order valence-electron chi connectivity index (χ0n) is 15.8. The lowest BCUT2D eigenvalue weighted by Crippen LogP contribution is -2.57. The molecule has 132 valence electrons. The van der Waals surface area contributed by atoms with E-state index in [1.165, 1.54) is 31.3 Å². The van der Waals surface area contributed by atoms with Gasteiger partial charge in [-0.2, -0.15) is 0 Å². The van der Waals surface area contributed by atoms with Crippen molar-refractivity contribution in [2.75, 3.05) is 0 Å². The number of ketones is 2. The van der Waals surface area contributed by atoms with Crippen molar-refractivity contribution in [2.24, 2.45) is 34.0 Å². The number of allylic oxidation sites excluding steroid dienone is 1. The third-order valence-corrected chi connectivity index (χ3v) is 9.29. The third kappa shape index (κ3) is 1.89. The molecule has 0 aromatic heterocycles. The molecule has 2 nitrogen and oxygen atoms in total. The molecular weight excluding hydrogens is 296 g/mol. The van der Waals surface area contributed by atoms with Gasteiger partial charge in [0.2, 0.25) is 0 Å². The maximum absolute atomic E-state index is 12.2. The second-order valence-corrected chi connectivity index (χ2v) is 9.88. The predicted molar refractivity (Wildman–Crippen MR) is 95.5 cm³/mol. The van der Waals surface area contributed by atoms with E-state index in [9.17, 15) is 9.59 Å². The van der Waals surface area contributed by atoms with Crippen LogP contribution in [0, 0.1) is 34.0 Å². The highest BCUT2D eigenvalue weighted by molar-refractivity contribution is 5.91. The van der Waals surface area contributed by atoms with E-state index in [4.69, 9.17) is 0 Å². The van der Waals surface area contributed by atoms with Gasteiger partial charge >= 0.3 is 0 Å². The summed E-state index contributed by atoms with van der Waals surface area (Å²) in [5.41, 5.74) is 2.15. The summed E-state index contributed by atoms with van der Waals surface area (Å²) in [6.07, 6.45) is 10.8. The van der Waals surface area contributed by atoms with Crippen molar-refractivity contribution < 1.29 is 9.59 Å². The number of Topliss-reactive ketones (excluding diaryl/α,β-unsaturated/α-hetero) is 1. The summed E-state index contributed by atoms with van der Waals surface area (Å²) in [5, 5.41) is 0. The highest BCUT2D eigenvalue weighted by Crippen LogP contribution is 2.71. The Morgan fingerprint density at radius 3 is 2.46 bits per heavy atom. The molecule has 24 heavy (non-hydrogen) atoms. The van der Waals surface area contributed by atoms with Crippen molar-refractivity contribution in [3.05, 3.63) is 11.6 Å². The molecule has 0 aliphatic heterocycles. The van der Waals surface area contributed by atoms with E-state index in [-0.39, 0.29) is 16.7 Å². The number of carbonyl (C=O) groups is 2. The Morgan fingerprint density at radius 1 is 1.00 bits per heavy atom. The van der Waals surface area contributed by atoms with Crippen molar-refractivity contribution in [3.63, 3.8) is 0 Å². The van der Waals surface area contributed by atoms with Crippen LogP contribution in [0.2, 0.25) is 0 Å². The normalized spacial score (nSPS) is 50.6. The maximum Gasteiger partial charge on any atom is 0.155 e. The molecule has 0 amide bonds. The van der Waals surface area contributed by atoms with Crippen LogP contribution in [0.3, 0.4) is 0 Å². The van der Waals surface area contributed by atoms with Crippen molar-refractivity contribution in [3.8, 4) is 0 Å². The van der Waals surface area contributed by atoms with Crippen molar-refractivity contribution in [2.45, 2.75) is 79.1 Å². The van der Waals surface area contributed by atoms with Crippen LogP contribution in [0.4, 0.5) is 0 Å². The van der Waals surface area contributed by atoms with Crippen LogP contribution in [0.5, 0.6) is 0 Å². The molecule has 0 N–H and O–H groups in total. The summed E-state index contributed by atoms with van der Waals surface area (Å²) < 4.78 is 0. The molecule has 0 heterocycles. The smallest absolute Gasteiger partial charge is 0.155 e. The molecule has 6 atom stereocenters. The van der Waals surface area contributed by atoms with Gasteiger partial charge in [0.15, 0.2) is 5.78 Å². The van der Waals surface area contributed by atoms with Crippen LogP contribution >= 0.6 is 0 Å². The molecular formula is C22H32O2. The van der Waals surface area contributed by atoms with Crippen LogP contribution in [0.1, 0.15) is 79.1 Å². The molecule has 3 fully saturated rings. The van der Waals surface area contributed by atoms with Crippen LogP contribution in [0.15, 0.2) is 11.6 Å². The Morgan fingerprint density at radius 2 is 1.75 bits per heavy atom. The molecule has 2 heteroatoms. The first-order chi connectivity index (χ1) is 11.2. The molecule has 4 rings (SSSR count). The van der Waals surface area contributed by atoms with Crippen molar-refractivity contribution in [1.82, 2.24) is 0 Å².